The van der Waals surface area contributed by atoms with Gasteiger partial charge in [-0.05, 0) is 98.8 Å². The number of rotatable bonds is 27. The molecule has 1 aliphatic heterocycles. The molecular formula is C55H85Br3N4O3S4Sn. The quantitative estimate of drug-likeness (QED) is 0.0375. The summed E-state index contributed by atoms with van der Waals surface area (Å²) in [5.74, 6) is 1.83. The van der Waals surface area contributed by atoms with Gasteiger partial charge in [0.25, 0.3) is 0 Å². The Morgan fingerprint density at radius 1 is 0.529 bits per heavy atom. The number of ether oxygens (including phenoxy) is 3. The summed E-state index contributed by atoms with van der Waals surface area (Å²) in [5, 5.41) is 4.40. The molecule has 0 atom stereocenters. The molecule has 0 aliphatic carbocycles. The summed E-state index contributed by atoms with van der Waals surface area (Å²) in [6, 6.07) is 8.96. The van der Waals surface area contributed by atoms with Gasteiger partial charge in [0.1, 0.15) is 33.6 Å². The first-order chi connectivity index (χ1) is 33.7. The van der Waals surface area contributed by atoms with Crippen molar-refractivity contribution in [1.29, 1.82) is 0 Å². The average molecular weight is 1340 g/mol. The number of unbranched alkanes of at least 4 members (excludes halogenated alkanes) is 13. The minimum atomic E-state index is -2.01. The average Bonchev–Trinajstić information content (AvgIpc) is 4.23. The molecule has 0 bridgehead atoms. The molecule has 5 heterocycles. The molecule has 15 heteroatoms. The molecule has 1 fully saturated rings. The van der Waals surface area contributed by atoms with E-state index in [2.05, 4.69) is 153 Å². The van der Waals surface area contributed by atoms with E-state index in [1.165, 1.54) is 144 Å². The van der Waals surface area contributed by atoms with Crippen LogP contribution in [0.25, 0.3) is 32.5 Å². The van der Waals surface area contributed by atoms with Crippen LogP contribution < -0.4 is 12.4 Å². The molecule has 6 aromatic rings. The van der Waals surface area contributed by atoms with Crippen molar-refractivity contribution in [3.63, 3.8) is 0 Å². The summed E-state index contributed by atoms with van der Waals surface area (Å²) in [6.45, 7) is 19.2. The fourth-order valence-electron chi connectivity index (χ4n) is 8.59. The summed E-state index contributed by atoms with van der Waals surface area (Å²) in [7, 11) is 0. The van der Waals surface area contributed by atoms with Crippen molar-refractivity contribution in [1.82, 2.24) is 17.5 Å². The van der Waals surface area contributed by atoms with Gasteiger partial charge < -0.3 is 14.2 Å². The van der Waals surface area contributed by atoms with Crippen molar-refractivity contribution in [2.75, 3.05) is 26.4 Å². The van der Waals surface area contributed by atoms with E-state index in [9.17, 15) is 0 Å². The molecule has 0 amide bonds. The molecule has 0 radical (unpaired) electrons. The second-order valence-corrected chi connectivity index (χ2v) is 37.7. The number of hydrogen-bond acceptors (Lipinski definition) is 11. The third-order valence-corrected chi connectivity index (χ3v) is 36.7. The minimum absolute atomic E-state index is 0. The molecule has 2 aromatic carbocycles. The number of benzene rings is 2. The van der Waals surface area contributed by atoms with Gasteiger partial charge in [0.05, 0.1) is 55.7 Å². The molecular weight excluding hydrogens is 1250 g/mol. The monoisotopic (exact) mass is 1330 g/mol. The number of thiophene rings is 2. The molecule has 7 rings (SSSR count). The number of hydrogen-bond donors (Lipinski definition) is 0. The van der Waals surface area contributed by atoms with Gasteiger partial charge >= 0.3 is 123 Å². The third kappa shape index (κ3) is 20.1. The summed E-state index contributed by atoms with van der Waals surface area (Å²) >= 11 is 15.1. The molecule has 1 aliphatic rings. The Kier molecular flexibility index (Phi) is 33.7. The van der Waals surface area contributed by atoms with Crippen LogP contribution in [0.2, 0.25) is 13.3 Å². The van der Waals surface area contributed by atoms with Gasteiger partial charge in [0.2, 0.25) is 0 Å². The molecule has 7 nitrogen and oxygen atoms in total. The van der Waals surface area contributed by atoms with E-state index in [0.717, 1.165) is 103 Å². The van der Waals surface area contributed by atoms with Crippen LogP contribution in [0.5, 0.6) is 11.5 Å². The van der Waals surface area contributed by atoms with Crippen molar-refractivity contribution < 1.29 is 14.2 Å². The van der Waals surface area contributed by atoms with Crippen LogP contribution in [0.1, 0.15) is 182 Å². The van der Waals surface area contributed by atoms with Crippen molar-refractivity contribution in [3.05, 3.63) is 59.6 Å². The van der Waals surface area contributed by atoms with Crippen LogP contribution in [0, 0.1) is 13.8 Å². The summed E-state index contributed by atoms with van der Waals surface area (Å²) < 4.78 is 44.4. The van der Waals surface area contributed by atoms with Crippen LogP contribution in [0.3, 0.4) is 0 Å². The fraction of sp³-hybridized carbons (Fsp3) is 0.636. The van der Waals surface area contributed by atoms with E-state index in [1.807, 2.05) is 9.82 Å². The summed E-state index contributed by atoms with van der Waals surface area (Å²) in [5.41, 5.74) is 6.90. The van der Waals surface area contributed by atoms with Crippen molar-refractivity contribution in [2.45, 2.75) is 198 Å². The summed E-state index contributed by atoms with van der Waals surface area (Å²) in [4.78, 5) is 1.19. The molecule has 4 aromatic heterocycles. The zero-order valence-electron chi connectivity index (χ0n) is 42.8. The molecule has 0 N–H and O–H groups in total. The number of nitrogens with zero attached hydrogens (tertiary/aromatic N) is 4. The second kappa shape index (κ2) is 37.1. The maximum absolute atomic E-state index is 6.27. The Hall–Kier alpha value is -0.721. The van der Waals surface area contributed by atoms with Crippen LogP contribution in [-0.4, -0.2) is 62.3 Å². The van der Waals surface area contributed by atoms with Gasteiger partial charge in [-0.1, -0.05) is 91.5 Å². The second-order valence-electron chi connectivity index (χ2n) is 18.2. The van der Waals surface area contributed by atoms with Gasteiger partial charge in [-0.25, -0.2) is 0 Å². The van der Waals surface area contributed by atoms with Gasteiger partial charge in [-0.15, -0.1) is 11.3 Å². The van der Waals surface area contributed by atoms with E-state index in [-0.39, 0.29) is 7.43 Å². The van der Waals surface area contributed by atoms with E-state index in [1.54, 1.807) is 24.6 Å². The Morgan fingerprint density at radius 3 is 1.41 bits per heavy atom. The first kappa shape index (κ1) is 63.6. The van der Waals surface area contributed by atoms with E-state index >= 15 is 0 Å². The standard InChI is InChI=1S/C19H23BrN2OS2.C15H20Br2N2OS.C4H8O.C4H3S.3C4H9.CH4.Sn/c1-3-4-5-6-7-8-11-23-19-13(2)16(20)18-17(21-25-22-18)15(19)14-10-9-12-24-14;1-3-4-5-6-7-8-9-20-15-10(2)11(16)13-14(12(15)17)19-21-18-13;2*1-2-4-5-3-1;3*1-3-4-2;;/h9-10,12H,3-8,11H2,1-2H3;3-9H2,1-2H3;1-4H2;1-3H;3*1,3-4H2,2H3;1H4;. The number of fused-ring (bicyclic) bond motifs is 2. The zero-order chi connectivity index (χ0) is 49.7. The molecule has 392 valence electrons. The fourth-order valence-corrected chi connectivity index (χ4v) is 32.3. The van der Waals surface area contributed by atoms with Crippen LogP contribution in [0.15, 0.2) is 48.4 Å². The Morgan fingerprint density at radius 2 is 0.957 bits per heavy atom. The zero-order valence-corrected chi connectivity index (χ0v) is 53.7. The predicted molar refractivity (Wildman–Crippen MR) is 324 cm³/mol. The van der Waals surface area contributed by atoms with Gasteiger partial charge in [-0.3, -0.25) is 0 Å². The Balaban J connectivity index is 0.000000265. The first-order valence-electron chi connectivity index (χ1n) is 26.1. The van der Waals surface area contributed by atoms with Crippen LogP contribution in [0.4, 0.5) is 0 Å². The SMILES string of the molecule is C.C1CCOC1.CCCCCCCCOc1c(C)c(Br)c2nsnc2c1-c1cccs1.CCCCCCCCOc1c(C)c(Br)c2nsnc2c1Br.CCC[CH2][Sn]([CH2]CCC)([CH2]CCC)[c]1cccs1. The molecule has 70 heavy (non-hydrogen) atoms. The molecule has 0 spiro atoms. The Labute approximate surface area is 469 Å². The van der Waals surface area contributed by atoms with Crippen molar-refractivity contribution in [2.24, 2.45) is 0 Å². The summed E-state index contributed by atoms with van der Waals surface area (Å²) in [6.07, 6.45) is 26.3. The van der Waals surface area contributed by atoms with Gasteiger partial charge in [0.15, 0.2) is 0 Å². The Bertz CT molecular complexity index is 2240. The third-order valence-electron chi connectivity index (χ3n) is 12.8. The van der Waals surface area contributed by atoms with Gasteiger partial charge in [-0.2, -0.15) is 17.5 Å². The molecule has 0 saturated carbocycles. The van der Waals surface area contributed by atoms with E-state index in [0.29, 0.717) is 0 Å². The van der Waals surface area contributed by atoms with Crippen molar-refractivity contribution in [3.8, 4) is 21.9 Å². The van der Waals surface area contributed by atoms with E-state index in [4.69, 9.17) is 14.2 Å². The van der Waals surface area contributed by atoms with E-state index < -0.39 is 18.4 Å². The predicted octanol–water partition coefficient (Wildman–Crippen LogP) is 20.7. The van der Waals surface area contributed by atoms with Gasteiger partial charge in [0, 0.05) is 29.2 Å². The number of halogens is 3. The molecule has 1 saturated heterocycles. The number of aromatic nitrogens is 4. The topological polar surface area (TPSA) is 79.2 Å². The normalized spacial score (nSPS) is 12.2. The van der Waals surface area contributed by atoms with Crippen LogP contribution >= 0.6 is 93.9 Å². The first-order valence-corrected chi connectivity index (χ1v) is 39.2. The maximum atomic E-state index is 6.27. The molecule has 0 unspecified atom stereocenters. The van der Waals surface area contributed by atoms with Crippen LogP contribution in [-0.2, 0) is 4.74 Å². The van der Waals surface area contributed by atoms with Crippen molar-refractivity contribution >= 4 is 137 Å².